The van der Waals surface area contributed by atoms with Gasteiger partial charge in [-0.1, -0.05) is 19.3 Å². The number of hydrogen-bond donors (Lipinski definition) is 3. The summed E-state index contributed by atoms with van der Waals surface area (Å²) in [4.78, 5) is 5.94. The van der Waals surface area contributed by atoms with Gasteiger partial charge >= 0.3 is 0 Å². The maximum absolute atomic E-state index is 9.43. The van der Waals surface area contributed by atoms with Gasteiger partial charge in [0.1, 0.15) is 0 Å². The summed E-state index contributed by atoms with van der Waals surface area (Å²) in [7, 11) is 0. The van der Waals surface area contributed by atoms with Crippen LogP contribution in [-0.4, -0.2) is 30.8 Å². The Kier molecular flexibility index (Phi) is 7.86. The van der Waals surface area contributed by atoms with E-state index in [1.807, 2.05) is 0 Å². The fourth-order valence-electron chi connectivity index (χ4n) is 3.26. The zero-order valence-electron chi connectivity index (χ0n) is 13.9. The van der Waals surface area contributed by atoms with Gasteiger partial charge in [-0.25, -0.2) is 4.99 Å². The molecule has 23 heavy (non-hydrogen) atoms. The van der Waals surface area contributed by atoms with Crippen molar-refractivity contribution in [1.82, 2.24) is 10.6 Å². The van der Waals surface area contributed by atoms with Crippen LogP contribution in [0, 0.1) is 5.41 Å². The minimum Gasteiger partial charge on any atom is -0.396 e. The quantitative estimate of drug-likeness (QED) is 0.479. The van der Waals surface area contributed by atoms with E-state index >= 15 is 0 Å². The first-order valence-corrected chi connectivity index (χ1v) is 10.2. The molecule has 1 aliphatic carbocycles. The van der Waals surface area contributed by atoms with E-state index in [0.717, 1.165) is 29.3 Å². The number of aliphatic imine (C=N–C) groups is 1. The number of nitrogens with one attached hydrogen (secondary N) is 2. The van der Waals surface area contributed by atoms with Gasteiger partial charge in [0.25, 0.3) is 0 Å². The van der Waals surface area contributed by atoms with Crippen LogP contribution in [0.3, 0.4) is 0 Å². The van der Waals surface area contributed by atoms with E-state index < -0.39 is 0 Å². The van der Waals surface area contributed by atoms with Crippen molar-refractivity contribution in [3.8, 4) is 0 Å². The molecule has 2 rings (SSSR count). The second-order valence-electron chi connectivity index (χ2n) is 6.29. The van der Waals surface area contributed by atoms with Crippen LogP contribution in [0.4, 0.5) is 0 Å². The molecule has 0 aliphatic heterocycles. The summed E-state index contributed by atoms with van der Waals surface area (Å²) in [6.45, 7) is 4.81. The van der Waals surface area contributed by atoms with Gasteiger partial charge < -0.3 is 15.7 Å². The average Bonchev–Trinajstić information content (AvgIpc) is 2.97. The van der Waals surface area contributed by atoms with E-state index in [0.29, 0.717) is 6.54 Å². The van der Waals surface area contributed by atoms with Crippen LogP contribution < -0.4 is 10.6 Å². The van der Waals surface area contributed by atoms with Crippen LogP contribution in [0.5, 0.6) is 0 Å². The number of guanidine groups is 1. The van der Waals surface area contributed by atoms with Gasteiger partial charge in [-0.3, -0.25) is 0 Å². The number of aliphatic hydroxyl groups excluding tert-OH is 1. The van der Waals surface area contributed by atoms with Crippen LogP contribution in [-0.2, 0) is 6.54 Å². The van der Waals surface area contributed by atoms with Crippen LogP contribution in [0.15, 0.2) is 20.9 Å². The van der Waals surface area contributed by atoms with Gasteiger partial charge in [0.05, 0.1) is 10.3 Å². The Morgan fingerprint density at radius 3 is 2.70 bits per heavy atom. The Hall–Kier alpha value is -0.590. The zero-order valence-corrected chi connectivity index (χ0v) is 16.3. The highest BCUT2D eigenvalue weighted by Gasteiger charge is 2.31. The van der Waals surface area contributed by atoms with Gasteiger partial charge in [0.15, 0.2) is 5.96 Å². The Morgan fingerprint density at radius 1 is 1.30 bits per heavy atom. The van der Waals surface area contributed by atoms with E-state index in [-0.39, 0.29) is 12.0 Å². The normalized spacial score (nSPS) is 18.0. The van der Waals surface area contributed by atoms with Crippen molar-refractivity contribution in [2.75, 3.05) is 19.7 Å². The minimum atomic E-state index is 0.231. The minimum absolute atomic E-state index is 0.231. The van der Waals surface area contributed by atoms with Crippen LogP contribution >= 0.6 is 27.3 Å². The lowest BCUT2D eigenvalue weighted by Gasteiger charge is -2.37. The molecule has 130 valence electrons. The standard InChI is InChI=1S/C17H28BrN3OS/c1-2-19-16(20-12-14-6-7-15(18)23-14)21-13-17(10-11-22)8-4-3-5-9-17/h6-7,22H,2-5,8-13H2,1H3,(H2,19,20,21). The van der Waals surface area contributed by atoms with Crippen molar-refractivity contribution in [1.29, 1.82) is 0 Å². The second kappa shape index (κ2) is 9.64. The van der Waals surface area contributed by atoms with Crippen molar-refractivity contribution in [2.45, 2.75) is 52.0 Å². The molecule has 3 N–H and O–H groups in total. The predicted octanol–water partition coefficient (Wildman–Crippen LogP) is 3.90. The third kappa shape index (κ3) is 6.08. The molecule has 1 aromatic heterocycles. The molecule has 0 unspecified atom stereocenters. The number of halogens is 1. The summed E-state index contributed by atoms with van der Waals surface area (Å²) in [5.41, 5.74) is 0.231. The Morgan fingerprint density at radius 2 is 2.09 bits per heavy atom. The third-order valence-electron chi connectivity index (χ3n) is 4.55. The summed E-state index contributed by atoms with van der Waals surface area (Å²) < 4.78 is 1.14. The average molecular weight is 402 g/mol. The summed E-state index contributed by atoms with van der Waals surface area (Å²) >= 11 is 5.21. The number of nitrogens with zero attached hydrogens (tertiary/aromatic N) is 1. The molecule has 1 fully saturated rings. The third-order valence-corrected chi connectivity index (χ3v) is 6.16. The van der Waals surface area contributed by atoms with Gasteiger partial charge in [0, 0.05) is 24.6 Å². The molecule has 1 heterocycles. The predicted molar refractivity (Wildman–Crippen MR) is 102 cm³/mol. The van der Waals surface area contributed by atoms with E-state index in [9.17, 15) is 5.11 Å². The Balaban J connectivity index is 1.94. The van der Waals surface area contributed by atoms with E-state index in [1.165, 1.54) is 37.0 Å². The second-order valence-corrected chi connectivity index (χ2v) is 8.84. The highest BCUT2D eigenvalue weighted by Crippen LogP contribution is 2.38. The molecule has 0 bridgehead atoms. The molecular weight excluding hydrogens is 374 g/mol. The molecule has 0 aromatic carbocycles. The summed E-state index contributed by atoms with van der Waals surface area (Å²) in [6.07, 6.45) is 7.18. The van der Waals surface area contributed by atoms with Crippen molar-refractivity contribution < 1.29 is 5.11 Å². The fourth-order valence-corrected chi connectivity index (χ4v) is 4.67. The maximum Gasteiger partial charge on any atom is 0.191 e. The first-order valence-electron chi connectivity index (χ1n) is 8.55. The van der Waals surface area contributed by atoms with Gasteiger partial charge in [0.2, 0.25) is 0 Å². The summed E-state index contributed by atoms with van der Waals surface area (Å²) in [5.74, 6) is 0.875. The Bertz CT molecular complexity index is 492. The highest BCUT2D eigenvalue weighted by atomic mass is 79.9. The van der Waals surface area contributed by atoms with Crippen LogP contribution in [0.1, 0.15) is 50.3 Å². The maximum atomic E-state index is 9.43. The molecule has 0 spiro atoms. The van der Waals surface area contributed by atoms with Crippen LogP contribution in [0.2, 0.25) is 0 Å². The smallest absolute Gasteiger partial charge is 0.191 e. The van der Waals surface area contributed by atoms with Gasteiger partial charge in [-0.05, 0) is 59.7 Å². The van der Waals surface area contributed by atoms with Crippen molar-refractivity contribution >= 4 is 33.2 Å². The number of rotatable bonds is 7. The lowest BCUT2D eigenvalue weighted by molar-refractivity contribution is 0.131. The van der Waals surface area contributed by atoms with E-state index in [1.54, 1.807) is 11.3 Å². The monoisotopic (exact) mass is 401 g/mol. The first-order chi connectivity index (χ1) is 11.2. The van der Waals surface area contributed by atoms with Gasteiger partial charge in [-0.2, -0.15) is 0 Å². The van der Waals surface area contributed by atoms with E-state index in [2.05, 4.69) is 45.6 Å². The molecular formula is C17H28BrN3OS. The van der Waals surface area contributed by atoms with Gasteiger partial charge in [-0.15, -0.1) is 11.3 Å². The molecule has 0 radical (unpaired) electrons. The SMILES string of the molecule is CCNC(=NCc1ccc(Br)s1)NCC1(CCO)CCCCC1. The topological polar surface area (TPSA) is 56.7 Å². The molecule has 1 aliphatic rings. The fraction of sp³-hybridized carbons (Fsp3) is 0.706. The van der Waals surface area contributed by atoms with Crippen molar-refractivity contribution in [3.63, 3.8) is 0 Å². The number of thiophene rings is 1. The molecule has 1 aromatic rings. The van der Waals surface area contributed by atoms with Crippen molar-refractivity contribution in [3.05, 3.63) is 20.8 Å². The highest BCUT2D eigenvalue weighted by molar-refractivity contribution is 9.11. The molecule has 4 nitrogen and oxygen atoms in total. The first kappa shape index (κ1) is 18.7. The molecule has 1 saturated carbocycles. The van der Waals surface area contributed by atoms with E-state index in [4.69, 9.17) is 4.99 Å². The number of aliphatic hydroxyl groups is 1. The largest absolute Gasteiger partial charge is 0.396 e. The number of hydrogen-bond acceptors (Lipinski definition) is 3. The summed E-state index contributed by atoms with van der Waals surface area (Å²) in [5, 5.41) is 16.3. The van der Waals surface area contributed by atoms with Crippen LogP contribution in [0.25, 0.3) is 0 Å². The Labute approximate surface area is 151 Å². The molecule has 6 heteroatoms. The lowest BCUT2D eigenvalue weighted by atomic mass is 9.72. The summed E-state index contributed by atoms with van der Waals surface area (Å²) in [6, 6.07) is 4.17. The lowest BCUT2D eigenvalue weighted by Crippen LogP contribution is -2.44. The van der Waals surface area contributed by atoms with Crippen molar-refractivity contribution in [2.24, 2.45) is 10.4 Å². The molecule has 0 atom stereocenters. The molecule has 0 saturated heterocycles. The zero-order chi connectivity index (χ0) is 16.5. The molecule has 0 amide bonds.